The number of aliphatic hydroxyl groups excluding tert-OH is 1. The minimum Gasteiger partial charge on any atom is -0.390 e. The highest BCUT2D eigenvalue weighted by atomic mass is 32.2. The number of thioether (sulfide) groups is 1. The van der Waals surface area contributed by atoms with Crippen LogP contribution in [0, 0.1) is 0 Å². The zero-order valence-electron chi connectivity index (χ0n) is 7.59. The maximum atomic E-state index is 12.6. The van der Waals surface area contributed by atoms with Gasteiger partial charge < -0.3 is 10.4 Å². The van der Waals surface area contributed by atoms with Crippen LogP contribution in [0.25, 0.3) is 0 Å². The molecular formula is C8H15F2NOS. The van der Waals surface area contributed by atoms with Crippen LogP contribution in [0.1, 0.15) is 13.3 Å². The molecule has 0 aromatic rings. The summed E-state index contributed by atoms with van der Waals surface area (Å²) in [5.41, 5.74) is 0. The predicted octanol–water partition coefficient (Wildman–Crippen LogP) is 1.10. The van der Waals surface area contributed by atoms with Gasteiger partial charge in [0.1, 0.15) is 6.61 Å². The Kier molecular flexibility index (Phi) is 3.94. The number of hydrogen-bond donors (Lipinski definition) is 2. The molecule has 1 aliphatic heterocycles. The van der Waals surface area contributed by atoms with Crippen LogP contribution < -0.4 is 5.32 Å². The van der Waals surface area contributed by atoms with E-state index in [0.717, 1.165) is 12.2 Å². The Morgan fingerprint density at radius 1 is 1.62 bits per heavy atom. The Labute approximate surface area is 81.1 Å². The maximum absolute atomic E-state index is 12.6. The molecule has 5 heteroatoms. The standard InChI is InChI=1S/C8H15F2NOS/c1-6-2-7(3-13-6)11-4-8(9,10)5-12/h6-7,11-12H,2-5H2,1H3. The summed E-state index contributed by atoms with van der Waals surface area (Å²) in [5, 5.41) is 11.7. The molecule has 0 bridgehead atoms. The number of alkyl halides is 2. The summed E-state index contributed by atoms with van der Waals surface area (Å²) in [5.74, 6) is -2.08. The van der Waals surface area contributed by atoms with E-state index in [2.05, 4.69) is 12.2 Å². The Morgan fingerprint density at radius 2 is 2.31 bits per heavy atom. The molecule has 1 heterocycles. The number of aliphatic hydroxyl groups is 1. The molecule has 0 aromatic carbocycles. The van der Waals surface area contributed by atoms with Crippen LogP contribution in [-0.4, -0.2) is 41.2 Å². The Morgan fingerprint density at radius 3 is 2.77 bits per heavy atom. The normalized spacial score (nSPS) is 29.5. The van der Waals surface area contributed by atoms with Gasteiger partial charge in [0.25, 0.3) is 5.92 Å². The van der Waals surface area contributed by atoms with E-state index in [-0.39, 0.29) is 6.04 Å². The second-order valence-electron chi connectivity index (χ2n) is 3.47. The summed E-state index contributed by atoms with van der Waals surface area (Å²) in [6.07, 6.45) is 0.937. The molecule has 2 atom stereocenters. The van der Waals surface area contributed by atoms with E-state index in [9.17, 15) is 8.78 Å². The maximum Gasteiger partial charge on any atom is 0.282 e. The summed E-state index contributed by atoms with van der Waals surface area (Å²) in [6.45, 7) is 0.605. The second kappa shape index (κ2) is 4.57. The molecule has 0 amide bonds. The van der Waals surface area contributed by atoms with E-state index in [4.69, 9.17) is 5.11 Å². The smallest absolute Gasteiger partial charge is 0.282 e. The predicted molar refractivity (Wildman–Crippen MR) is 50.4 cm³/mol. The Bertz CT molecular complexity index is 168. The first-order valence-corrected chi connectivity index (χ1v) is 5.42. The monoisotopic (exact) mass is 211 g/mol. The van der Waals surface area contributed by atoms with Crippen LogP contribution in [0.2, 0.25) is 0 Å². The summed E-state index contributed by atoms with van der Waals surface area (Å²) < 4.78 is 25.2. The van der Waals surface area contributed by atoms with Crippen LogP contribution in [0.3, 0.4) is 0 Å². The van der Waals surface area contributed by atoms with Gasteiger partial charge in [-0.2, -0.15) is 11.8 Å². The molecule has 13 heavy (non-hydrogen) atoms. The SMILES string of the molecule is CC1CC(NCC(F)(F)CO)CS1. The molecule has 78 valence electrons. The van der Waals surface area contributed by atoms with Crippen LogP contribution in [-0.2, 0) is 0 Å². The van der Waals surface area contributed by atoms with Crippen molar-refractivity contribution in [3.63, 3.8) is 0 Å². The third-order valence-electron chi connectivity index (χ3n) is 2.08. The summed E-state index contributed by atoms with van der Waals surface area (Å²) in [4.78, 5) is 0. The van der Waals surface area contributed by atoms with Crippen molar-refractivity contribution in [2.24, 2.45) is 0 Å². The van der Waals surface area contributed by atoms with Crippen molar-refractivity contribution >= 4 is 11.8 Å². The van der Waals surface area contributed by atoms with Crippen molar-refractivity contribution in [1.82, 2.24) is 5.32 Å². The van der Waals surface area contributed by atoms with Crippen molar-refractivity contribution in [1.29, 1.82) is 0 Å². The summed E-state index contributed by atoms with van der Waals surface area (Å²) in [6, 6.07) is 0.178. The van der Waals surface area contributed by atoms with Crippen LogP contribution in [0.15, 0.2) is 0 Å². The van der Waals surface area contributed by atoms with Crippen LogP contribution in [0.4, 0.5) is 8.78 Å². The number of halogens is 2. The van der Waals surface area contributed by atoms with Gasteiger partial charge in [-0.15, -0.1) is 0 Å². The van der Waals surface area contributed by atoms with Gasteiger partial charge in [-0.25, -0.2) is 8.78 Å². The fourth-order valence-electron chi connectivity index (χ4n) is 1.31. The first kappa shape index (κ1) is 11.2. The van der Waals surface area contributed by atoms with Crippen molar-refractivity contribution in [3.05, 3.63) is 0 Å². The molecule has 0 radical (unpaired) electrons. The van der Waals surface area contributed by atoms with Crippen LogP contribution >= 0.6 is 11.8 Å². The zero-order valence-corrected chi connectivity index (χ0v) is 8.41. The lowest BCUT2D eigenvalue weighted by Gasteiger charge is -2.17. The molecule has 1 rings (SSSR count). The Balaban J connectivity index is 2.19. The summed E-state index contributed by atoms with van der Waals surface area (Å²) >= 11 is 1.79. The molecule has 1 saturated heterocycles. The third-order valence-corrected chi connectivity index (χ3v) is 3.44. The lowest BCUT2D eigenvalue weighted by molar-refractivity contribution is -0.0489. The average molecular weight is 211 g/mol. The van der Waals surface area contributed by atoms with Crippen molar-refractivity contribution < 1.29 is 13.9 Å². The van der Waals surface area contributed by atoms with Crippen molar-refractivity contribution in [2.45, 2.75) is 30.6 Å². The topological polar surface area (TPSA) is 32.3 Å². The van der Waals surface area contributed by atoms with Gasteiger partial charge >= 0.3 is 0 Å². The van der Waals surface area contributed by atoms with E-state index in [1.165, 1.54) is 0 Å². The minimum absolute atomic E-state index is 0.178. The third kappa shape index (κ3) is 3.79. The van der Waals surface area contributed by atoms with E-state index in [1.54, 1.807) is 11.8 Å². The zero-order chi connectivity index (χ0) is 9.90. The molecule has 1 fully saturated rings. The lowest BCUT2D eigenvalue weighted by atomic mass is 10.2. The van der Waals surface area contributed by atoms with Gasteiger partial charge in [0.2, 0.25) is 0 Å². The molecular weight excluding hydrogens is 196 g/mol. The molecule has 0 spiro atoms. The highest BCUT2D eigenvalue weighted by molar-refractivity contribution is 8.00. The van der Waals surface area contributed by atoms with Crippen molar-refractivity contribution in [3.8, 4) is 0 Å². The Hall–Kier alpha value is 0.130. The van der Waals surface area contributed by atoms with E-state index in [1.807, 2.05) is 0 Å². The quantitative estimate of drug-likeness (QED) is 0.730. The fraction of sp³-hybridized carbons (Fsp3) is 1.00. The highest BCUT2D eigenvalue weighted by Crippen LogP contribution is 2.26. The molecule has 2 nitrogen and oxygen atoms in total. The fourth-order valence-corrected chi connectivity index (χ4v) is 2.49. The first-order chi connectivity index (χ1) is 6.03. The van der Waals surface area contributed by atoms with Gasteiger partial charge in [-0.1, -0.05) is 6.92 Å². The van der Waals surface area contributed by atoms with Gasteiger partial charge in [-0.3, -0.25) is 0 Å². The number of nitrogens with one attached hydrogen (secondary N) is 1. The molecule has 2 unspecified atom stereocenters. The van der Waals surface area contributed by atoms with Gasteiger partial charge in [0, 0.05) is 17.0 Å². The molecule has 1 aliphatic rings. The molecule has 0 saturated carbocycles. The molecule has 2 N–H and O–H groups in total. The number of hydrogen-bond acceptors (Lipinski definition) is 3. The highest BCUT2D eigenvalue weighted by Gasteiger charge is 2.30. The van der Waals surface area contributed by atoms with E-state index < -0.39 is 19.1 Å². The van der Waals surface area contributed by atoms with E-state index in [0.29, 0.717) is 5.25 Å². The largest absolute Gasteiger partial charge is 0.390 e. The van der Waals surface area contributed by atoms with Crippen LogP contribution in [0.5, 0.6) is 0 Å². The van der Waals surface area contributed by atoms with E-state index >= 15 is 0 Å². The van der Waals surface area contributed by atoms with Gasteiger partial charge in [0.05, 0.1) is 6.54 Å². The summed E-state index contributed by atoms with van der Waals surface area (Å²) in [7, 11) is 0. The number of rotatable bonds is 4. The molecule has 0 aliphatic carbocycles. The van der Waals surface area contributed by atoms with Gasteiger partial charge in [-0.05, 0) is 6.42 Å². The van der Waals surface area contributed by atoms with Crippen molar-refractivity contribution in [2.75, 3.05) is 18.9 Å². The lowest BCUT2D eigenvalue weighted by Crippen LogP contribution is -2.41. The second-order valence-corrected chi connectivity index (χ2v) is 4.94. The molecule has 0 aromatic heterocycles. The minimum atomic E-state index is -2.98. The average Bonchev–Trinajstić information content (AvgIpc) is 2.48. The van der Waals surface area contributed by atoms with Gasteiger partial charge in [0.15, 0.2) is 0 Å². The first-order valence-electron chi connectivity index (χ1n) is 4.37.